The first-order valence-corrected chi connectivity index (χ1v) is 9.35. The number of imidazole rings is 1. The number of aromatic amines is 3. The number of methoxy groups -OCH3 is 1. The third-order valence-corrected chi connectivity index (χ3v) is 4.67. The predicted molar refractivity (Wildman–Crippen MR) is 112 cm³/mol. The zero-order valence-corrected chi connectivity index (χ0v) is 17.1. The number of fused-ring (bicyclic) bond motifs is 1. The highest BCUT2D eigenvalue weighted by Crippen LogP contribution is 2.26. The van der Waals surface area contributed by atoms with E-state index in [2.05, 4.69) is 40.4 Å². The van der Waals surface area contributed by atoms with Crippen molar-refractivity contribution >= 4 is 22.7 Å². The lowest BCUT2D eigenvalue weighted by molar-refractivity contribution is 0.0940. The van der Waals surface area contributed by atoms with Crippen molar-refractivity contribution < 1.29 is 9.53 Å². The first kappa shape index (κ1) is 19.4. The maximum absolute atomic E-state index is 12.5. The van der Waals surface area contributed by atoms with Crippen LogP contribution in [0.15, 0.2) is 29.3 Å². The number of nitrogens with one attached hydrogen (secondary N) is 4. The molecule has 0 aliphatic carbocycles. The Balaban J connectivity index is 1.57. The molecule has 10 heteroatoms. The van der Waals surface area contributed by atoms with Gasteiger partial charge in [-0.3, -0.25) is 14.9 Å². The highest BCUT2D eigenvalue weighted by atomic mass is 16.5. The summed E-state index contributed by atoms with van der Waals surface area (Å²) in [6.45, 7) is 3.91. The molecule has 0 radical (unpaired) electrons. The Kier molecular flexibility index (Phi) is 5.05. The summed E-state index contributed by atoms with van der Waals surface area (Å²) >= 11 is 0. The summed E-state index contributed by atoms with van der Waals surface area (Å²) in [6.07, 6.45) is 0. The molecule has 0 spiro atoms. The lowest BCUT2D eigenvalue weighted by Gasteiger charge is -1.99. The van der Waals surface area contributed by atoms with Crippen LogP contribution in [0.1, 0.15) is 33.7 Å². The second kappa shape index (κ2) is 7.82. The fourth-order valence-corrected chi connectivity index (χ4v) is 3.28. The van der Waals surface area contributed by atoms with E-state index < -0.39 is 0 Å². The number of nitrogens with zero attached hydrogens (tertiary/aromatic N) is 4. The average Bonchev–Trinajstić information content (AvgIpc) is 3.44. The van der Waals surface area contributed by atoms with E-state index in [-0.39, 0.29) is 18.3 Å². The first-order valence-electron chi connectivity index (χ1n) is 9.35. The van der Waals surface area contributed by atoms with Crippen LogP contribution < -0.4 is 5.32 Å². The minimum atomic E-state index is -0.319. The van der Waals surface area contributed by atoms with Gasteiger partial charge in [-0.25, -0.2) is 9.97 Å². The molecule has 4 aromatic rings. The molecule has 10 nitrogen and oxygen atoms in total. The van der Waals surface area contributed by atoms with Gasteiger partial charge in [0.25, 0.3) is 5.91 Å². The number of aliphatic imine (C=N–C) groups is 1. The second-order valence-corrected chi connectivity index (χ2v) is 6.80. The summed E-state index contributed by atoms with van der Waals surface area (Å²) in [5, 5.41) is 10.5. The minimum absolute atomic E-state index is 0.219. The monoisotopic (exact) mass is 406 g/mol. The molecule has 0 saturated carbocycles. The Morgan fingerprint density at radius 1 is 1.20 bits per heavy atom. The molecule has 0 atom stereocenters. The molecule has 0 bridgehead atoms. The Labute approximate surface area is 172 Å². The van der Waals surface area contributed by atoms with E-state index in [1.807, 2.05) is 31.2 Å². The van der Waals surface area contributed by atoms with Gasteiger partial charge in [-0.05, 0) is 32.0 Å². The summed E-state index contributed by atoms with van der Waals surface area (Å²) in [4.78, 5) is 31.6. The zero-order chi connectivity index (χ0) is 21.3. The number of hydrogen-bond donors (Lipinski definition) is 4. The van der Waals surface area contributed by atoms with Crippen LogP contribution in [0.4, 0.5) is 0 Å². The molecule has 0 unspecified atom stereocenters. The summed E-state index contributed by atoms with van der Waals surface area (Å²) in [5.74, 6) is 1.67. The molecule has 1 aromatic carbocycles. The molecule has 0 aliphatic heterocycles. The number of carbonyl (C=O) groups is 1. The predicted octanol–water partition coefficient (Wildman–Crippen LogP) is 2.25. The number of benzene rings is 1. The lowest BCUT2D eigenvalue weighted by atomic mass is 10.1. The van der Waals surface area contributed by atoms with Gasteiger partial charge in [-0.15, -0.1) is 0 Å². The Morgan fingerprint density at radius 2 is 2.03 bits per heavy atom. The van der Waals surface area contributed by atoms with E-state index in [0.29, 0.717) is 17.5 Å². The molecular formula is C20H22N8O2. The summed E-state index contributed by atoms with van der Waals surface area (Å²) < 4.78 is 5.28. The topological polar surface area (TPSA) is 137 Å². The minimum Gasteiger partial charge on any atom is -0.480 e. The van der Waals surface area contributed by atoms with Crippen LogP contribution in [-0.4, -0.2) is 56.1 Å². The molecule has 4 N–H and O–H groups in total. The van der Waals surface area contributed by atoms with Gasteiger partial charge in [-0.1, -0.05) is 6.07 Å². The second-order valence-electron chi connectivity index (χ2n) is 6.80. The maximum atomic E-state index is 12.5. The van der Waals surface area contributed by atoms with Crippen LogP contribution in [0.2, 0.25) is 0 Å². The highest BCUT2D eigenvalue weighted by molar-refractivity contribution is 5.99. The normalized spacial score (nSPS) is 11.8. The zero-order valence-electron chi connectivity index (χ0n) is 17.1. The Bertz CT molecular complexity index is 1250. The standard InChI is InChI=1S/C20H22N8O2/c1-10-17(26-18(23-10)19(29)22-9-16-24-11(2)27-28-16)12-5-6-14-13(7-12)8-15(25-14)20(21-3)30-4/h5-8,25H,9H2,1-4H3,(H,22,29)(H,23,26)(H,24,27,28). The van der Waals surface area contributed by atoms with E-state index in [0.717, 1.165) is 33.5 Å². The number of H-pyrrole nitrogens is 3. The number of amides is 1. The van der Waals surface area contributed by atoms with Gasteiger partial charge in [0.1, 0.15) is 11.5 Å². The van der Waals surface area contributed by atoms with Gasteiger partial charge in [0, 0.05) is 29.2 Å². The van der Waals surface area contributed by atoms with Crippen molar-refractivity contribution in [1.29, 1.82) is 0 Å². The van der Waals surface area contributed by atoms with Crippen molar-refractivity contribution in [3.8, 4) is 11.3 Å². The number of hydrogen-bond acceptors (Lipinski definition) is 6. The Hall–Kier alpha value is -3.95. The summed E-state index contributed by atoms with van der Waals surface area (Å²) in [6, 6.07) is 7.91. The van der Waals surface area contributed by atoms with Gasteiger partial charge in [-0.2, -0.15) is 5.10 Å². The van der Waals surface area contributed by atoms with Gasteiger partial charge in [0.15, 0.2) is 11.6 Å². The fraction of sp³-hybridized carbons (Fsp3) is 0.250. The van der Waals surface area contributed by atoms with Crippen LogP contribution in [0, 0.1) is 13.8 Å². The molecule has 0 saturated heterocycles. The molecular weight excluding hydrogens is 384 g/mol. The van der Waals surface area contributed by atoms with Crippen LogP contribution >= 0.6 is 0 Å². The SMILES string of the molecule is CN=C(OC)c1cc2cc(-c3nc(C(=O)NCc4n[nH]c(C)n4)[nH]c3C)ccc2[nH]1. The number of carbonyl (C=O) groups excluding carboxylic acids is 1. The maximum Gasteiger partial charge on any atom is 0.287 e. The van der Waals surface area contributed by atoms with E-state index in [1.165, 1.54) is 0 Å². The van der Waals surface area contributed by atoms with Crippen LogP contribution in [0.25, 0.3) is 22.2 Å². The third-order valence-electron chi connectivity index (χ3n) is 4.67. The van der Waals surface area contributed by atoms with Gasteiger partial charge < -0.3 is 20.0 Å². The van der Waals surface area contributed by atoms with E-state index in [9.17, 15) is 4.79 Å². The molecule has 1 amide bonds. The van der Waals surface area contributed by atoms with Crippen molar-refractivity contribution in [1.82, 2.24) is 35.5 Å². The molecule has 0 aliphatic rings. The molecule has 0 fully saturated rings. The van der Waals surface area contributed by atoms with Crippen molar-refractivity contribution in [2.75, 3.05) is 14.2 Å². The Morgan fingerprint density at radius 3 is 2.73 bits per heavy atom. The molecule has 4 rings (SSSR count). The van der Waals surface area contributed by atoms with E-state index in [1.54, 1.807) is 21.1 Å². The summed E-state index contributed by atoms with van der Waals surface area (Å²) in [7, 11) is 3.26. The van der Waals surface area contributed by atoms with Gasteiger partial charge >= 0.3 is 0 Å². The number of ether oxygens (including phenoxy) is 1. The molecule has 3 heterocycles. The van der Waals surface area contributed by atoms with Crippen LogP contribution in [0.5, 0.6) is 0 Å². The molecule has 154 valence electrons. The van der Waals surface area contributed by atoms with Crippen molar-refractivity contribution in [3.05, 3.63) is 53.1 Å². The van der Waals surface area contributed by atoms with Crippen molar-refractivity contribution in [2.45, 2.75) is 20.4 Å². The van der Waals surface area contributed by atoms with Crippen LogP contribution in [-0.2, 0) is 11.3 Å². The summed E-state index contributed by atoms with van der Waals surface area (Å²) in [5.41, 5.74) is 4.18. The van der Waals surface area contributed by atoms with Gasteiger partial charge in [0.05, 0.1) is 19.3 Å². The third kappa shape index (κ3) is 3.66. The first-order chi connectivity index (χ1) is 14.5. The molecule has 30 heavy (non-hydrogen) atoms. The fourth-order valence-electron chi connectivity index (χ4n) is 3.28. The van der Waals surface area contributed by atoms with Gasteiger partial charge in [0.2, 0.25) is 5.90 Å². The van der Waals surface area contributed by atoms with Crippen molar-refractivity contribution in [2.24, 2.45) is 4.99 Å². The van der Waals surface area contributed by atoms with Crippen LogP contribution in [0.3, 0.4) is 0 Å². The van der Waals surface area contributed by atoms with E-state index in [4.69, 9.17) is 4.74 Å². The van der Waals surface area contributed by atoms with Crippen molar-refractivity contribution in [3.63, 3.8) is 0 Å². The molecule has 3 aromatic heterocycles. The number of aryl methyl sites for hydroxylation is 2. The lowest BCUT2D eigenvalue weighted by Crippen LogP contribution is -2.24. The smallest absolute Gasteiger partial charge is 0.287 e. The number of rotatable bonds is 5. The average molecular weight is 406 g/mol. The van der Waals surface area contributed by atoms with E-state index >= 15 is 0 Å². The highest BCUT2D eigenvalue weighted by Gasteiger charge is 2.16. The quantitative estimate of drug-likeness (QED) is 0.298. The number of aromatic nitrogens is 6. The largest absolute Gasteiger partial charge is 0.480 e.